The fourth-order valence-electron chi connectivity index (χ4n) is 3.16. The first-order valence-corrected chi connectivity index (χ1v) is 11.3. The zero-order valence-corrected chi connectivity index (χ0v) is 17.6. The van der Waals surface area contributed by atoms with Crippen molar-refractivity contribution in [1.29, 1.82) is 0 Å². The fraction of sp³-hybridized carbons (Fsp3) is 0.588. The highest BCUT2D eigenvalue weighted by Crippen LogP contribution is 2.27. The molecule has 8 nitrogen and oxygen atoms in total. The van der Waals surface area contributed by atoms with Gasteiger partial charge in [-0.15, -0.1) is 11.3 Å². The van der Waals surface area contributed by atoms with E-state index < -0.39 is 15.9 Å². The highest BCUT2D eigenvalue weighted by molar-refractivity contribution is 7.89. The summed E-state index contributed by atoms with van der Waals surface area (Å²) in [7, 11) is -1.97. The molecular formula is C17H25N5O3S2. The number of amides is 1. The molecule has 1 aliphatic rings. The molecule has 1 atom stereocenters. The molecule has 0 aliphatic carbocycles. The molecule has 0 saturated carbocycles. The van der Waals surface area contributed by atoms with E-state index in [4.69, 9.17) is 0 Å². The number of hydrogen-bond acceptors (Lipinski definition) is 6. The Morgan fingerprint density at radius 2 is 2.15 bits per heavy atom. The van der Waals surface area contributed by atoms with Gasteiger partial charge in [0.25, 0.3) is 0 Å². The molecule has 27 heavy (non-hydrogen) atoms. The van der Waals surface area contributed by atoms with Gasteiger partial charge in [0.1, 0.15) is 4.90 Å². The fourth-order valence-corrected chi connectivity index (χ4v) is 5.76. The van der Waals surface area contributed by atoms with Gasteiger partial charge < -0.3 is 5.32 Å². The Labute approximate surface area is 163 Å². The molecule has 0 radical (unpaired) electrons. The molecule has 3 rings (SSSR count). The van der Waals surface area contributed by atoms with Gasteiger partial charge in [-0.2, -0.15) is 9.40 Å². The summed E-state index contributed by atoms with van der Waals surface area (Å²) in [4.78, 5) is 17.3. The molecule has 1 amide bonds. The van der Waals surface area contributed by atoms with Crippen LogP contribution in [-0.2, 0) is 21.9 Å². The number of rotatable bonds is 5. The molecule has 0 spiro atoms. The first-order chi connectivity index (χ1) is 12.7. The van der Waals surface area contributed by atoms with Crippen LogP contribution in [0.15, 0.2) is 16.5 Å². The maximum atomic E-state index is 13.0. The molecule has 1 aliphatic heterocycles. The summed E-state index contributed by atoms with van der Waals surface area (Å²) >= 11 is 1.39. The normalized spacial score (nSPS) is 18.8. The molecule has 1 fully saturated rings. The largest absolute Gasteiger partial charge is 0.302 e. The van der Waals surface area contributed by atoms with Crippen molar-refractivity contribution < 1.29 is 13.2 Å². The Balaban J connectivity index is 1.71. The van der Waals surface area contributed by atoms with Crippen LogP contribution in [0.5, 0.6) is 0 Å². The van der Waals surface area contributed by atoms with Crippen molar-refractivity contribution in [2.24, 2.45) is 13.0 Å². The average molecular weight is 412 g/mol. The van der Waals surface area contributed by atoms with E-state index in [1.165, 1.54) is 26.5 Å². The first kappa shape index (κ1) is 20.0. The van der Waals surface area contributed by atoms with Crippen molar-refractivity contribution >= 4 is 32.4 Å². The summed E-state index contributed by atoms with van der Waals surface area (Å²) in [5.41, 5.74) is 1.41. The Morgan fingerprint density at radius 3 is 2.74 bits per heavy atom. The molecule has 2 aromatic heterocycles. The van der Waals surface area contributed by atoms with Gasteiger partial charge >= 0.3 is 0 Å². The lowest BCUT2D eigenvalue weighted by atomic mass is 9.99. The van der Waals surface area contributed by atoms with Crippen LogP contribution in [0.4, 0.5) is 5.13 Å². The second-order valence-corrected chi connectivity index (χ2v) is 9.94. The SMILES string of the molecule is Cc1nn(C)cc1S(=O)(=O)N1CCCC(C(=O)Nc2nc(C(C)C)cs2)C1. The molecule has 1 unspecified atom stereocenters. The topological polar surface area (TPSA) is 97.2 Å². The third-order valence-corrected chi connectivity index (χ3v) is 7.43. The minimum Gasteiger partial charge on any atom is -0.302 e. The van der Waals surface area contributed by atoms with Crippen molar-refractivity contribution in [3.05, 3.63) is 23.0 Å². The van der Waals surface area contributed by atoms with Crippen molar-refractivity contribution in [2.75, 3.05) is 18.4 Å². The van der Waals surface area contributed by atoms with Gasteiger partial charge in [0.05, 0.1) is 17.3 Å². The predicted molar refractivity (Wildman–Crippen MR) is 104 cm³/mol. The van der Waals surface area contributed by atoms with Crippen LogP contribution in [0, 0.1) is 12.8 Å². The molecule has 3 heterocycles. The molecule has 0 aromatic carbocycles. The van der Waals surface area contributed by atoms with Crippen LogP contribution in [0.1, 0.15) is 44.0 Å². The summed E-state index contributed by atoms with van der Waals surface area (Å²) in [6.07, 6.45) is 2.81. The molecule has 1 saturated heterocycles. The monoisotopic (exact) mass is 411 g/mol. The van der Waals surface area contributed by atoms with Gasteiger partial charge in [-0.1, -0.05) is 13.8 Å². The summed E-state index contributed by atoms with van der Waals surface area (Å²) in [5.74, 6) is -0.274. The number of aromatic nitrogens is 3. The number of piperidine rings is 1. The van der Waals surface area contributed by atoms with E-state index in [1.54, 1.807) is 14.0 Å². The quantitative estimate of drug-likeness (QED) is 0.814. The lowest BCUT2D eigenvalue weighted by Crippen LogP contribution is -2.43. The lowest BCUT2D eigenvalue weighted by molar-refractivity contribution is -0.120. The third kappa shape index (κ3) is 4.22. The van der Waals surface area contributed by atoms with Crippen molar-refractivity contribution in [3.8, 4) is 0 Å². The number of aryl methyl sites for hydroxylation is 2. The maximum absolute atomic E-state index is 13.0. The predicted octanol–water partition coefficient (Wildman–Crippen LogP) is 2.35. The number of carbonyl (C=O) groups excluding carboxylic acids is 1. The number of nitrogens with one attached hydrogen (secondary N) is 1. The Bertz CT molecular complexity index is 932. The highest BCUT2D eigenvalue weighted by Gasteiger charge is 2.35. The molecule has 1 N–H and O–H groups in total. The van der Waals surface area contributed by atoms with Crippen LogP contribution in [-0.4, -0.2) is 46.5 Å². The van der Waals surface area contributed by atoms with E-state index in [0.717, 1.165) is 5.69 Å². The summed E-state index contributed by atoms with van der Waals surface area (Å²) in [6.45, 7) is 6.35. The number of sulfonamides is 1. The van der Waals surface area contributed by atoms with E-state index in [-0.39, 0.29) is 17.3 Å². The summed E-state index contributed by atoms with van der Waals surface area (Å²) < 4.78 is 28.8. The van der Waals surface area contributed by atoms with Gasteiger partial charge in [-0.25, -0.2) is 13.4 Å². The zero-order chi connectivity index (χ0) is 19.8. The second-order valence-electron chi connectivity index (χ2n) is 7.18. The molecule has 148 valence electrons. The lowest BCUT2D eigenvalue weighted by Gasteiger charge is -2.30. The Kier molecular flexibility index (Phi) is 5.68. The summed E-state index contributed by atoms with van der Waals surface area (Å²) in [6, 6.07) is 0. The second kappa shape index (κ2) is 7.69. The number of carbonyl (C=O) groups is 1. The minimum atomic E-state index is -3.66. The molecular weight excluding hydrogens is 386 g/mol. The molecule has 2 aromatic rings. The summed E-state index contributed by atoms with van der Waals surface area (Å²) in [5, 5.41) is 9.46. The minimum absolute atomic E-state index is 0.172. The smallest absolute Gasteiger partial charge is 0.246 e. The van der Waals surface area contributed by atoms with Crippen LogP contribution >= 0.6 is 11.3 Å². The van der Waals surface area contributed by atoms with Gasteiger partial charge in [0.2, 0.25) is 15.9 Å². The van der Waals surface area contributed by atoms with Crippen LogP contribution in [0.25, 0.3) is 0 Å². The standard InChI is InChI=1S/C17H25N5O3S2/c1-11(2)14-10-26-17(18-14)19-16(23)13-6-5-7-22(8-13)27(24,25)15-9-21(4)20-12(15)3/h9-11,13H,5-8H2,1-4H3,(H,18,19,23). The number of thiazole rings is 1. The van der Waals surface area contributed by atoms with Gasteiger partial charge in [-0.3, -0.25) is 9.48 Å². The zero-order valence-electron chi connectivity index (χ0n) is 16.0. The van der Waals surface area contributed by atoms with E-state index in [0.29, 0.717) is 36.1 Å². The van der Waals surface area contributed by atoms with Crippen LogP contribution < -0.4 is 5.32 Å². The maximum Gasteiger partial charge on any atom is 0.246 e. The van der Waals surface area contributed by atoms with E-state index in [9.17, 15) is 13.2 Å². The molecule has 0 bridgehead atoms. The van der Waals surface area contributed by atoms with Crippen LogP contribution in [0.2, 0.25) is 0 Å². The van der Waals surface area contributed by atoms with Crippen molar-refractivity contribution in [1.82, 2.24) is 19.1 Å². The van der Waals surface area contributed by atoms with Crippen molar-refractivity contribution in [3.63, 3.8) is 0 Å². The Hall–Kier alpha value is -1.78. The van der Waals surface area contributed by atoms with Gasteiger partial charge in [0, 0.05) is 31.7 Å². The number of hydrogen-bond donors (Lipinski definition) is 1. The highest BCUT2D eigenvalue weighted by atomic mass is 32.2. The average Bonchev–Trinajstić information content (AvgIpc) is 3.21. The van der Waals surface area contributed by atoms with Gasteiger partial charge in [-0.05, 0) is 25.7 Å². The Morgan fingerprint density at radius 1 is 1.41 bits per heavy atom. The van der Waals surface area contributed by atoms with Crippen LogP contribution in [0.3, 0.4) is 0 Å². The molecule has 10 heteroatoms. The third-order valence-electron chi connectivity index (χ3n) is 4.68. The van der Waals surface area contributed by atoms with E-state index in [2.05, 4.69) is 15.4 Å². The number of nitrogens with zero attached hydrogens (tertiary/aromatic N) is 4. The van der Waals surface area contributed by atoms with E-state index >= 15 is 0 Å². The first-order valence-electron chi connectivity index (χ1n) is 8.95. The van der Waals surface area contributed by atoms with Gasteiger partial charge in [0.15, 0.2) is 5.13 Å². The van der Waals surface area contributed by atoms with Crippen molar-refractivity contribution in [2.45, 2.75) is 44.4 Å². The van der Waals surface area contributed by atoms with E-state index in [1.807, 2.05) is 19.2 Å². The number of anilines is 1.